The van der Waals surface area contributed by atoms with Crippen LogP contribution in [0.15, 0.2) is 48.5 Å². The summed E-state index contributed by atoms with van der Waals surface area (Å²) in [6, 6.07) is 13.6. The lowest BCUT2D eigenvalue weighted by atomic mass is 10.2. The van der Waals surface area contributed by atoms with Gasteiger partial charge in [-0.15, -0.1) is 0 Å². The molecule has 0 aliphatic heterocycles. The fourth-order valence-corrected chi connectivity index (χ4v) is 2.54. The number of anilines is 2. The molecule has 32 heavy (non-hydrogen) atoms. The Kier molecular flexibility index (Phi) is 9.41. The average molecular weight is 440 g/mol. The van der Waals surface area contributed by atoms with E-state index in [4.69, 9.17) is 9.47 Å². The quantitative estimate of drug-likeness (QED) is 0.545. The molecule has 2 rings (SSSR count). The number of hydrogen-bond acceptors (Lipinski definition) is 6. The Morgan fingerprint density at radius 3 is 2.22 bits per heavy atom. The molecule has 0 aromatic heterocycles. The largest absolute Gasteiger partial charge is 0.462 e. The minimum Gasteiger partial charge on any atom is -0.462 e. The molecule has 2 N–H and O–H groups in total. The summed E-state index contributed by atoms with van der Waals surface area (Å²) in [6.07, 6.45) is -0.305. The lowest BCUT2D eigenvalue weighted by Gasteiger charge is -2.09. The number of amides is 2. The third kappa shape index (κ3) is 8.99. The number of carbonyl (C=O) groups is 4. The van der Waals surface area contributed by atoms with Crippen molar-refractivity contribution < 1.29 is 28.7 Å². The van der Waals surface area contributed by atoms with Crippen LogP contribution in [-0.4, -0.2) is 37.0 Å². The summed E-state index contributed by atoms with van der Waals surface area (Å²) in [6.45, 7) is 5.67. The van der Waals surface area contributed by atoms with Crippen LogP contribution in [0.5, 0.6) is 0 Å². The van der Waals surface area contributed by atoms with Crippen LogP contribution in [0.2, 0.25) is 0 Å². The topological polar surface area (TPSA) is 111 Å². The summed E-state index contributed by atoms with van der Waals surface area (Å²) in [5.41, 5.74) is 2.40. The average Bonchev–Trinajstić information content (AvgIpc) is 2.76. The van der Waals surface area contributed by atoms with Gasteiger partial charge in [0.25, 0.3) is 5.91 Å². The molecule has 2 aromatic carbocycles. The fraction of sp³-hybridized carbons (Fsp3) is 0.333. The van der Waals surface area contributed by atoms with Gasteiger partial charge in [-0.1, -0.05) is 37.6 Å². The molecule has 170 valence electrons. The Hall–Kier alpha value is -3.68. The third-order valence-electron chi connectivity index (χ3n) is 4.19. The van der Waals surface area contributed by atoms with Gasteiger partial charge in [-0.05, 0) is 43.2 Å². The van der Waals surface area contributed by atoms with Crippen LogP contribution in [0.25, 0.3) is 0 Å². The van der Waals surface area contributed by atoms with Gasteiger partial charge in [-0.3, -0.25) is 14.4 Å². The van der Waals surface area contributed by atoms with Crippen molar-refractivity contribution in [3.8, 4) is 0 Å². The van der Waals surface area contributed by atoms with Gasteiger partial charge in [0.15, 0.2) is 6.61 Å². The normalized spacial score (nSPS) is 10.4. The van der Waals surface area contributed by atoms with Gasteiger partial charge >= 0.3 is 11.9 Å². The van der Waals surface area contributed by atoms with E-state index in [1.54, 1.807) is 30.3 Å². The Balaban J connectivity index is 1.72. The Morgan fingerprint density at radius 1 is 0.844 bits per heavy atom. The zero-order chi connectivity index (χ0) is 23.5. The van der Waals surface area contributed by atoms with Crippen LogP contribution < -0.4 is 10.6 Å². The van der Waals surface area contributed by atoms with Gasteiger partial charge in [0.2, 0.25) is 5.91 Å². The predicted octanol–water partition coefficient (Wildman–Crippen LogP) is 3.71. The molecule has 0 saturated heterocycles. The van der Waals surface area contributed by atoms with Crippen LogP contribution in [0, 0.1) is 12.8 Å². The number of esters is 2. The number of ether oxygens (including phenoxy) is 2. The molecule has 0 unspecified atom stereocenters. The second-order valence-corrected chi connectivity index (χ2v) is 7.70. The van der Waals surface area contributed by atoms with Crippen LogP contribution in [0.1, 0.15) is 42.6 Å². The van der Waals surface area contributed by atoms with Crippen molar-refractivity contribution in [2.75, 3.05) is 23.8 Å². The highest BCUT2D eigenvalue weighted by atomic mass is 16.5. The first-order chi connectivity index (χ1) is 15.2. The molecule has 0 heterocycles. The Bertz CT molecular complexity index is 953. The van der Waals surface area contributed by atoms with Crippen molar-refractivity contribution in [3.05, 3.63) is 59.7 Å². The van der Waals surface area contributed by atoms with E-state index in [1.165, 1.54) is 6.07 Å². The number of nitrogens with one attached hydrogen (secondary N) is 2. The molecule has 8 heteroatoms. The molecule has 8 nitrogen and oxygen atoms in total. The molecule has 0 spiro atoms. The smallest absolute Gasteiger partial charge is 0.338 e. The highest BCUT2D eigenvalue weighted by molar-refractivity contribution is 5.96. The van der Waals surface area contributed by atoms with Gasteiger partial charge in [0, 0.05) is 17.8 Å². The van der Waals surface area contributed by atoms with E-state index in [-0.39, 0.29) is 18.8 Å². The van der Waals surface area contributed by atoms with Crippen LogP contribution in [-0.2, 0) is 23.9 Å². The summed E-state index contributed by atoms with van der Waals surface area (Å²) in [5.74, 6) is -1.80. The minimum absolute atomic E-state index is 0.125. The highest BCUT2D eigenvalue weighted by Crippen LogP contribution is 2.13. The molecule has 2 aromatic rings. The van der Waals surface area contributed by atoms with E-state index in [0.29, 0.717) is 23.5 Å². The number of carbonyl (C=O) groups excluding carboxylic acids is 4. The lowest BCUT2D eigenvalue weighted by molar-refractivity contribution is -0.147. The van der Waals surface area contributed by atoms with E-state index < -0.39 is 30.4 Å². The van der Waals surface area contributed by atoms with Crippen molar-refractivity contribution in [3.63, 3.8) is 0 Å². The number of benzene rings is 2. The van der Waals surface area contributed by atoms with Crippen LogP contribution in [0.3, 0.4) is 0 Å². The van der Waals surface area contributed by atoms with Gasteiger partial charge < -0.3 is 20.1 Å². The first kappa shape index (κ1) is 24.6. The minimum atomic E-state index is -0.662. The zero-order valence-corrected chi connectivity index (χ0v) is 18.5. The first-order valence-corrected chi connectivity index (χ1v) is 10.3. The Labute approximate surface area is 187 Å². The Morgan fingerprint density at radius 2 is 1.53 bits per heavy atom. The first-order valence-electron chi connectivity index (χ1n) is 10.3. The fourth-order valence-electron chi connectivity index (χ4n) is 2.54. The van der Waals surface area contributed by atoms with Crippen LogP contribution in [0.4, 0.5) is 11.4 Å². The van der Waals surface area contributed by atoms with Gasteiger partial charge in [0.1, 0.15) is 0 Å². The molecule has 0 atom stereocenters. The summed E-state index contributed by atoms with van der Waals surface area (Å²) < 4.78 is 10.1. The van der Waals surface area contributed by atoms with E-state index in [1.807, 2.05) is 32.9 Å². The summed E-state index contributed by atoms with van der Waals surface area (Å²) in [4.78, 5) is 47.8. The van der Waals surface area contributed by atoms with E-state index in [0.717, 1.165) is 5.56 Å². The summed E-state index contributed by atoms with van der Waals surface area (Å²) in [5, 5.41) is 5.24. The predicted molar refractivity (Wildman–Crippen MR) is 120 cm³/mol. The molecule has 2 amide bonds. The van der Waals surface area contributed by atoms with Crippen molar-refractivity contribution in [1.82, 2.24) is 0 Å². The van der Waals surface area contributed by atoms with E-state index in [2.05, 4.69) is 10.6 Å². The van der Waals surface area contributed by atoms with Gasteiger partial charge in [-0.2, -0.15) is 0 Å². The SMILES string of the molecule is Cc1ccc(NC(=O)COC(=O)CCC(=O)Nc2cccc(C(=O)OCC(C)C)c2)cc1. The molecule has 0 saturated carbocycles. The van der Waals surface area contributed by atoms with Crippen molar-refractivity contribution >= 4 is 35.1 Å². The van der Waals surface area contributed by atoms with Gasteiger partial charge in [0.05, 0.1) is 18.6 Å². The maximum atomic E-state index is 12.1. The highest BCUT2D eigenvalue weighted by Gasteiger charge is 2.13. The molecular formula is C24H28N2O6. The van der Waals surface area contributed by atoms with E-state index >= 15 is 0 Å². The summed E-state index contributed by atoms with van der Waals surface area (Å²) in [7, 11) is 0. The molecule has 0 radical (unpaired) electrons. The third-order valence-corrected chi connectivity index (χ3v) is 4.19. The maximum Gasteiger partial charge on any atom is 0.338 e. The van der Waals surface area contributed by atoms with Crippen LogP contribution >= 0.6 is 0 Å². The molecule has 0 aliphatic carbocycles. The molecular weight excluding hydrogens is 412 g/mol. The second-order valence-electron chi connectivity index (χ2n) is 7.70. The molecule has 0 fully saturated rings. The second kappa shape index (κ2) is 12.2. The number of rotatable bonds is 10. The van der Waals surface area contributed by atoms with Crippen molar-refractivity contribution in [2.45, 2.75) is 33.6 Å². The van der Waals surface area contributed by atoms with Crippen molar-refractivity contribution in [1.29, 1.82) is 0 Å². The zero-order valence-electron chi connectivity index (χ0n) is 18.5. The van der Waals surface area contributed by atoms with Crippen molar-refractivity contribution in [2.24, 2.45) is 5.92 Å². The number of hydrogen-bond donors (Lipinski definition) is 2. The monoisotopic (exact) mass is 440 g/mol. The lowest BCUT2D eigenvalue weighted by Crippen LogP contribution is -2.21. The van der Waals surface area contributed by atoms with E-state index in [9.17, 15) is 19.2 Å². The standard InChI is InChI=1S/C24H28N2O6/c1-16(2)14-32-24(30)18-5-4-6-20(13-18)26-21(27)11-12-23(29)31-15-22(28)25-19-9-7-17(3)8-10-19/h4-10,13,16H,11-12,14-15H2,1-3H3,(H,25,28)(H,26,27). The number of aryl methyl sites for hydroxylation is 1. The molecule has 0 bridgehead atoms. The maximum absolute atomic E-state index is 12.1. The van der Waals surface area contributed by atoms with Gasteiger partial charge in [-0.25, -0.2) is 4.79 Å². The summed E-state index contributed by atoms with van der Waals surface area (Å²) >= 11 is 0. The molecule has 0 aliphatic rings.